The first-order chi connectivity index (χ1) is 50.4. The lowest BCUT2D eigenvalue weighted by Gasteiger charge is -2.42. The van der Waals surface area contributed by atoms with Crippen LogP contribution in [0.3, 0.4) is 0 Å². The van der Waals surface area contributed by atoms with Crippen molar-refractivity contribution in [3.63, 3.8) is 0 Å². The summed E-state index contributed by atoms with van der Waals surface area (Å²) >= 11 is 10.4. The summed E-state index contributed by atoms with van der Waals surface area (Å²) in [5.41, 5.74) is 12.3. The number of allylic oxidation sites excluding steroid dienone is 3. The van der Waals surface area contributed by atoms with Gasteiger partial charge in [-0.2, -0.15) is 23.5 Å². The fourth-order valence-corrected chi connectivity index (χ4v) is 13.3. The Morgan fingerprint density at radius 3 is 2.19 bits per heavy atom. The number of halogens is 1. The number of fused-ring (bicyclic) bond motifs is 6. The molecule has 3 aliphatic heterocycles. The second-order valence-electron chi connectivity index (χ2n) is 26.4. The number of nitrogens with two attached hydrogens (primary N) is 1. The van der Waals surface area contributed by atoms with Crippen LogP contribution in [0.2, 0.25) is 5.02 Å². The van der Waals surface area contributed by atoms with E-state index in [2.05, 4.69) is 46.0 Å². The van der Waals surface area contributed by atoms with Gasteiger partial charge in [0.1, 0.15) is 52.8 Å². The molecule has 1 aromatic heterocycles. The highest BCUT2D eigenvalue weighted by Crippen LogP contribution is 2.49. The molecule has 9 amide bonds. The van der Waals surface area contributed by atoms with E-state index in [-0.39, 0.29) is 89.1 Å². The molecule has 4 heterocycles. The molecule has 2 aromatic carbocycles. The minimum absolute atomic E-state index is 0.0521. The zero-order valence-corrected chi connectivity index (χ0v) is 64.8. The molecule has 3 aromatic rings. The summed E-state index contributed by atoms with van der Waals surface area (Å²) in [6.07, 6.45) is 2.46. The lowest BCUT2D eigenvalue weighted by Crippen LogP contribution is -2.63. The maximum Gasteiger partial charge on any atom is 0.409 e. The number of anilines is 1. The Hall–Kier alpha value is -7.73. The molecule has 31 nitrogen and oxygen atoms in total. The van der Waals surface area contributed by atoms with Crippen LogP contribution in [-0.2, 0) is 94.2 Å². The number of thioether (sulfide) groups is 2. The number of carbonyl (C=O) groups is 10. The van der Waals surface area contributed by atoms with Crippen LogP contribution < -0.4 is 47.5 Å². The molecule has 2 saturated heterocycles. The quantitative estimate of drug-likeness (QED) is 0.0165. The molecule has 4 bridgehead atoms. The minimum atomic E-state index is -1.91. The van der Waals surface area contributed by atoms with Gasteiger partial charge in [0.05, 0.1) is 107 Å². The number of amides is 9. The predicted octanol–water partition coefficient (Wildman–Crippen LogP) is 4.81. The average Bonchev–Trinajstić information content (AvgIpc) is 1.59. The molecule has 0 aliphatic carbocycles. The molecule has 9 N–H and O–H groups in total. The van der Waals surface area contributed by atoms with E-state index in [0.717, 1.165) is 46.0 Å². The number of epoxide rings is 1. The number of hydrazine groups is 1. The van der Waals surface area contributed by atoms with Crippen LogP contribution in [-0.4, -0.2) is 232 Å². The van der Waals surface area contributed by atoms with Gasteiger partial charge in [-0.3, -0.25) is 54.5 Å². The van der Waals surface area contributed by atoms with Gasteiger partial charge in [-0.15, -0.1) is 0 Å². The fraction of sp³-hybridized carbons (Fsp3) is 0.611. The first kappa shape index (κ1) is 87.2. The number of hydrogen-bond acceptors (Lipinski definition) is 24. The third-order valence-electron chi connectivity index (χ3n) is 18.3. The van der Waals surface area contributed by atoms with Gasteiger partial charge in [-0.05, 0) is 95.5 Å². The Labute approximate surface area is 631 Å². The van der Waals surface area contributed by atoms with E-state index in [4.69, 9.17) is 69.9 Å². The number of nitrogens with one attached hydrogen (secondary N) is 6. The Kier molecular flexibility index (Phi) is 35.1. The lowest BCUT2D eigenvalue weighted by molar-refractivity contribution is -0.162. The van der Waals surface area contributed by atoms with Gasteiger partial charge < -0.3 is 79.2 Å². The lowest BCUT2D eigenvalue weighted by atomic mass is 9.83. The molecule has 0 radical (unpaired) electrons. The minimum Gasteiger partial charge on any atom is -0.495 e. The Morgan fingerprint density at radius 2 is 1.53 bits per heavy atom. The number of nitrogens with zero attached hydrogens (tertiary/aromatic N) is 4. The third kappa shape index (κ3) is 26.3. The molecule has 11 atom stereocenters. The topological polar surface area (TPSA) is 408 Å². The zero-order chi connectivity index (χ0) is 77.8. The van der Waals surface area contributed by atoms with E-state index in [0.29, 0.717) is 53.9 Å². The van der Waals surface area contributed by atoms with Crippen LogP contribution in [0.1, 0.15) is 134 Å². The highest BCUT2D eigenvalue weighted by atomic mass is 35.5. The molecule has 0 spiro atoms. The molecule has 0 saturated carbocycles. The summed E-state index contributed by atoms with van der Waals surface area (Å²) in [5, 5.41) is 22.7. The molecule has 2 fully saturated rings. The van der Waals surface area contributed by atoms with Gasteiger partial charge in [0.2, 0.25) is 35.4 Å². The highest BCUT2D eigenvalue weighted by Gasteiger charge is 2.64. The molecule has 106 heavy (non-hydrogen) atoms. The van der Waals surface area contributed by atoms with E-state index >= 15 is 0 Å². The standard InChI is InChI=1S/C72H104ClN11O20S2/c1-13-43(3)106-41-53-52(40-105-12)78-50-36-48(21-22-49(50)77-53)67(91)75-24-26-99-28-30-101-32-31-100-29-27-98-25-23-60(86)79-51(37-59(74)85)68(92)76-45(5)66(90)82-81-61(87)19-14-15-20-62(88)83(8)46(6)69(93)103-58-38-63(89)84(9)54-34-47(35-55(96-10)64(54)73)33-42(2)17-16-18-57(97-11)72(95)39-56(102-70(94)80-72)44(4)65-71(58,7)104-65/h16-18,21-22,34-36,43-46,51,56-58,65,95H,13-15,19-20,23-33,37-41H2,1-12H3,(H2,74,85)(H,75,91)(H,76,92)(H,79,86)(H,80,94)(H,81,87)(H,82,90)/b18-16+,42-17+/t43?,44-,45+,46+,51+,56+,57-,58+,65+,71+,72+/m1/s1. The largest absolute Gasteiger partial charge is 0.495 e. The number of carbonyl (C=O) groups excluding carboxylic acids is 10. The third-order valence-corrected chi connectivity index (χ3v) is 20.6. The van der Waals surface area contributed by atoms with Gasteiger partial charge in [0.25, 0.3) is 11.8 Å². The van der Waals surface area contributed by atoms with Crippen LogP contribution in [0, 0.1) is 5.92 Å². The van der Waals surface area contributed by atoms with Crippen molar-refractivity contribution in [3.8, 4) is 5.75 Å². The summed E-state index contributed by atoms with van der Waals surface area (Å²) in [4.78, 5) is 144. The maximum absolute atomic E-state index is 14.4. The van der Waals surface area contributed by atoms with E-state index in [9.17, 15) is 53.1 Å². The van der Waals surface area contributed by atoms with Gasteiger partial charge in [0, 0.05) is 81.7 Å². The van der Waals surface area contributed by atoms with Gasteiger partial charge in [-0.1, -0.05) is 56.2 Å². The van der Waals surface area contributed by atoms with Crippen molar-refractivity contribution in [1.29, 1.82) is 0 Å². The second kappa shape index (κ2) is 42.7. The number of aliphatic hydroxyl groups is 1. The Morgan fingerprint density at radius 1 is 0.868 bits per heavy atom. The van der Waals surface area contributed by atoms with Crippen LogP contribution in [0.15, 0.2) is 54.1 Å². The summed E-state index contributed by atoms with van der Waals surface area (Å²) < 4.78 is 51.6. The predicted molar refractivity (Wildman–Crippen MR) is 397 cm³/mol. The number of methoxy groups -OCH3 is 2. The maximum atomic E-state index is 14.4. The van der Waals surface area contributed by atoms with Crippen LogP contribution in [0.4, 0.5) is 10.5 Å². The monoisotopic (exact) mass is 1540 g/mol. The van der Waals surface area contributed by atoms with E-state index in [1.54, 1.807) is 62.0 Å². The van der Waals surface area contributed by atoms with Crippen molar-refractivity contribution in [3.05, 3.63) is 81.7 Å². The normalized spacial score (nSPS) is 22.1. The summed E-state index contributed by atoms with van der Waals surface area (Å²) in [7, 11) is 5.77. The van der Waals surface area contributed by atoms with Crippen molar-refractivity contribution < 1.29 is 95.7 Å². The number of esters is 1. The van der Waals surface area contributed by atoms with Crippen molar-refractivity contribution in [2.45, 2.75) is 183 Å². The number of aromatic nitrogens is 2. The molecule has 6 rings (SSSR count). The summed E-state index contributed by atoms with van der Waals surface area (Å²) in [5.74, 6) is -4.87. The fourth-order valence-electron chi connectivity index (χ4n) is 11.6. The smallest absolute Gasteiger partial charge is 0.409 e. The molecule has 1 unspecified atom stereocenters. The summed E-state index contributed by atoms with van der Waals surface area (Å²) in [6.45, 7) is 14.4. The molecule has 3 aliphatic rings. The van der Waals surface area contributed by atoms with Crippen molar-refractivity contribution >= 4 is 111 Å². The first-order valence-electron chi connectivity index (χ1n) is 35.3. The highest BCUT2D eigenvalue weighted by molar-refractivity contribution is 7.99. The number of benzene rings is 2. The molecular weight excluding hydrogens is 1440 g/mol. The van der Waals surface area contributed by atoms with Crippen molar-refractivity contribution in [2.75, 3.05) is 98.9 Å². The number of alkyl carbamates (subject to hydrolysis) is 1. The van der Waals surface area contributed by atoms with Gasteiger partial charge in [-0.25, -0.2) is 19.6 Å². The van der Waals surface area contributed by atoms with Gasteiger partial charge in [0.15, 0.2) is 5.72 Å². The van der Waals surface area contributed by atoms with Crippen LogP contribution in [0.5, 0.6) is 5.75 Å². The number of ether oxygens (including phenoxy) is 9. The van der Waals surface area contributed by atoms with Gasteiger partial charge >= 0.3 is 12.1 Å². The van der Waals surface area contributed by atoms with E-state index < -0.39 is 126 Å². The number of primary amides is 1. The first-order valence-corrected chi connectivity index (χ1v) is 38.1. The Bertz CT molecular complexity index is 3620. The number of rotatable bonds is 38. The van der Waals surface area contributed by atoms with Crippen molar-refractivity contribution in [2.24, 2.45) is 11.7 Å². The Balaban J connectivity index is 0.855. The second-order valence-corrected chi connectivity index (χ2v) is 29.1. The number of likely N-dealkylation sites (N-methyl/N-ethyl adjacent to an activating group) is 1. The zero-order valence-electron chi connectivity index (χ0n) is 62.4. The average molecular weight is 1540 g/mol. The summed E-state index contributed by atoms with van der Waals surface area (Å²) in [6, 6.07) is 4.92. The van der Waals surface area contributed by atoms with Crippen molar-refractivity contribution in [1.82, 2.24) is 47.0 Å². The molecular formula is C72H104ClN11O20S2. The molecule has 586 valence electrons. The van der Waals surface area contributed by atoms with Crippen LogP contribution >= 0.6 is 35.1 Å². The van der Waals surface area contributed by atoms with Crippen LogP contribution in [0.25, 0.3) is 11.0 Å². The number of hydrogen-bond donors (Lipinski definition) is 8. The molecule has 34 heteroatoms. The van der Waals surface area contributed by atoms with E-state index in [1.807, 2.05) is 37.1 Å². The SMILES string of the molecule is CCC(C)SCc1nc2ccc(C(=O)NCCOCCOCCOCCOCCC(=O)N[C@@H](CC(N)=O)C(=O)N[C@@H](C)C(=O)NNC(=O)CCCCC(=O)N(C)[C@@H](C)C(=O)O[C@H]3CC(=O)N(C)c4cc(cc(OC)c4Cl)C/C(C)=C/C=C/[C@@H](OC)[C@@]4(O)C[C@H](OC(=O)N4)[C@@H](C)[C@@H]4O[C@@]34C)cc2nc1CSC. The number of unbranched alkanes of at least 4 members (excludes halogenated alkanes) is 1. The van der Waals surface area contributed by atoms with E-state index in [1.165, 1.54) is 52.0 Å².